The number of benzene rings is 1. The molecule has 0 radical (unpaired) electrons. The lowest BCUT2D eigenvalue weighted by Crippen LogP contribution is -2.16. The average Bonchev–Trinajstić information content (AvgIpc) is 2.84. The van der Waals surface area contributed by atoms with Crippen molar-refractivity contribution in [1.82, 2.24) is 9.78 Å². The fourth-order valence-corrected chi connectivity index (χ4v) is 3.14. The van der Waals surface area contributed by atoms with E-state index in [2.05, 4.69) is 42.3 Å². The van der Waals surface area contributed by atoms with Crippen LogP contribution in [0.15, 0.2) is 27.1 Å². The van der Waals surface area contributed by atoms with E-state index < -0.39 is 22.7 Å². The maximum absolute atomic E-state index is 12.6. The van der Waals surface area contributed by atoms with Crippen LogP contribution in [0.2, 0.25) is 0 Å². The number of anilines is 1. The average molecular weight is 472 g/mol. The predicted molar refractivity (Wildman–Crippen MR) is 84.7 cm³/mol. The van der Waals surface area contributed by atoms with Gasteiger partial charge in [0.25, 0.3) is 11.6 Å². The van der Waals surface area contributed by atoms with Crippen LogP contribution in [0.5, 0.6) is 0 Å². The quantitative estimate of drug-likeness (QED) is 0.538. The van der Waals surface area contributed by atoms with Gasteiger partial charge < -0.3 is 5.32 Å². The van der Waals surface area contributed by atoms with Gasteiger partial charge in [0.2, 0.25) is 0 Å². The number of carbonyl (C=O) groups excluding carboxylic acids is 1. The first-order valence-electron chi connectivity index (χ1n) is 6.06. The minimum atomic E-state index is -4.68. The molecule has 0 atom stereocenters. The molecule has 1 aromatic heterocycles. The summed E-state index contributed by atoms with van der Waals surface area (Å²) in [6.45, 7) is 0. The van der Waals surface area contributed by atoms with E-state index in [1.54, 1.807) is 0 Å². The van der Waals surface area contributed by atoms with E-state index in [9.17, 15) is 28.1 Å². The van der Waals surface area contributed by atoms with Gasteiger partial charge in [-0.1, -0.05) is 0 Å². The van der Waals surface area contributed by atoms with Crippen molar-refractivity contribution in [3.05, 3.63) is 48.6 Å². The largest absolute Gasteiger partial charge is 0.435 e. The number of nitro groups is 1. The summed E-state index contributed by atoms with van der Waals surface area (Å²) < 4.78 is 39.1. The van der Waals surface area contributed by atoms with Gasteiger partial charge in [-0.25, -0.2) is 0 Å². The van der Waals surface area contributed by atoms with Gasteiger partial charge in [-0.05, 0) is 31.9 Å². The molecule has 0 bridgehead atoms. The van der Waals surface area contributed by atoms with Crippen molar-refractivity contribution in [2.75, 3.05) is 5.32 Å². The number of nitrogens with one attached hydrogen (secondary N) is 1. The normalized spacial score (nSPS) is 11.4. The lowest BCUT2D eigenvalue weighted by atomic mass is 10.2. The number of hydrogen-bond donors (Lipinski definition) is 1. The summed E-state index contributed by atoms with van der Waals surface area (Å²) in [6.07, 6.45) is -4.68. The molecule has 0 unspecified atom stereocenters. The molecule has 1 aromatic carbocycles. The molecule has 0 spiro atoms. The molecule has 7 nitrogen and oxygen atoms in total. The van der Waals surface area contributed by atoms with Crippen LogP contribution in [0, 0.1) is 10.1 Å². The highest BCUT2D eigenvalue weighted by atomic mass is 79.9. The topological polar surface area (TPSA) is 90.1 Å². The maximum Gasteiger partial charge on any atom is 0.435 e. The lowest BCUT2D eigenvalue weighted by Gasteiger charge is -2.09. The minimum Gasteiger partial charge on any atom is -0.319 e. The highest BCUT2D eigenvalue weighted by Crippen LogP contribution is 2.35. The fraction of sp³-hybridized carbons (Fsp3) is 0.167. The molecule has 2 rings (SSSR count). The molecule has 1 N–H and O–H groups in total. The standard InChI is InChI=1S/C12H7Br2F3N4O3/c1-20-8(4-9(19-20)12(15,16)17)11(22)18-10-6(13)2-5(21(23)24)3-7(10)14/h2-4H,1H3,(H,18,22). The molecule has 2 aromatic rings. The van der Waals surface area contributed by atoms with E-state index in [1.165, 1.54) is 7.05 Å². The first-order chi connectivity index (χ1) is 11.0. The van der Waals surface area contributed by atoms with Gasteiger partial charge in [0.15, 0.2) is 5.69 Å². The summed E-state index contributed by atoms with van der Waals surface area (Å²) in [4.78, 5) is 22.3. The van der Waals surface area contributed by atoms with Gasteiger partial charge in [-0.3, -0.25) is 19.6 Å². The van der Waals surface area contributed by atoms with Crippen LogP contribution >= 0.6 is 31.9 Å². The smallest absolute Gasteiger partial charge is 0.319 e. The summed E-state index contributed by atoms with van der Waals surface area (Å²) >= 11 is 6.14. The Balaban J connectivity index is 2.34. The number of alkyl halides is 3. The summed E-state index contributed by atoms with van der Waals surface area (Å²) in [5.41, 5.74) is -1.61. The fourth-order valence-electron chi connectivity index (χ4n) is 1.78. The predicted octanol–water partition coefficient (Wildman–Crippen LogP) is 4.12. The molecule has 128 valence electrons. The molecule has 0 fully saturated rings. The van der Waals surface area contributed by atoms with E-state index in [-0.39, 0.29) is 26.0 Å². The van der Waals surface area contributed by atoms with E-state index in [0.717, 1.165) is 16.8 Å². The zero-order chi connectivity index (χ0) is 18.2. The van der Waals surface area contributed by atoms with Crippen LogP contribution in [-0.2, 0) is 13.2 Å². The number of carbonyl (C=O) groups is 1. The van der Waals surface area contributed by atoms with Gasteiger partial charge in [-0.2, -0.15) is 18.3 Å². The molecule has 0 aliphatic heterocycles. The van der Waals surface area contributed by atoms with Crippen molar-refractivity contribution in [3.63, 3.8) is 0 Å². The third-order valence-corrected chi connectivity index (χ3v) is 4.13. The number of halogens is 5. The summed E-state index contributed by atoms with van der Waals surface area (Å²) in [6, 6.07) is 2.93. The molecular weight excluding hydrogens is 465 g/mol. The number of aromatic nitrogens is 2. The van der Waals surface area contributed by atoms with Gasteiger partial charge >= 0.3 is 6.18 Å². The Morgan fingerprint density at radius 3 is 2.25 bits per heavy atom. The Morgan fingerprint density at radius 1 is 1.29 bits per heavy atom. The SMILES string of the molecule is Cn1nc(C(F)(F)F)cc1C(=O)Nc1c(Br)cc([N+](=O)[O-])cc1Br. The van der Waals surface area contributed by atoms with Gasteiger partial charge in [0.05, 0.1) is 10.6 Å². The van der Waals surface area contributed by atoms with E-state index in [0.29, 0.717) is 6.07 Å². The third kappa shape index (κ3) is 3.75. The second-order valence-corrected chi connectivity index (χ2v) is 6.24. The number of hydrogen-bond acceptors (Lipinski definition) is 4. The zero-order valence-electron chi connectivity index (χ0n) is 11.7. The zero-order valence-corrected chi connectivity index (χ0v) is 14.9. The molecule has 24 heavy (non-hydrogen) atoms. The first kappa shape index (κ1) is 18.4. The number of rotatable bonds is 3. The maximum atomic E-state index is 12.6. The molecule has 12 heteroatoms. The van der Waals surface area contributed by atoms with E-state index in [4.69, 9.17) is 0 Å². The number of amides is 1. The second-order valence-electron chi connectivity index (χ2n) is 4.53. The Labute approximate surface area is 149 Å². The van der Waals surface area contributed by atoms with Crippen molar-refractivity contribution in [3.8, 4) is 0 Å². The summed E-state index contributed by atoms with van der Waals surface area (Å²) in [7, 11) is 1.20. The molecule has 0 aliphatic carbocycles. The van der Waals surface area contributed by atoms with Crippen molar-refractivity contribution in [2.24, 2.45) is 7.05 Å². The molecule has 1 heterocycles. The van der Waals surface area contributed by atoms with E-state index >= 15 is 0 Å². The Morgan fingerprint density at radius 2 is 1.83 bits per heavy atom. The molecule has 1 amide bonds. The second kappa shape index (κ2) is 6.51. The van der Waals surface area contributed by atoms with Crippen LogP contribution < -0.4 is 5.32 Å². The Kier molecular flexibility index (Phi) is 4.99. The Hall–Kier alpha value is -1.95. The van der Waals surface area contributed by atoms with Crippen molar-refractivity contribution in [1.29, 1.82) is 0 Å². The monoisotopic (exact) mass is 470 g/mol. The Bertz CT molecular complexity index is 812. The van der Waals surface area contributed by atoms with Crippen LogP contribution in [0.3, 0.4) is 0 Å². The first-order valence-corrected chi connectivity index (χ1v) is 7.65. The minimum absolute atomic E-state index is 0.139. The van der Waals surface area contributed by atoms with Gasteiger partial charge in [-0.15, -0.1) is 0 Å². The molecule has 0 saturated heterocycles. The molecule has 0 saturated carbocycles. The van der Waals surface area contributed by atoms with Crippen LogP contribution in [0.1, 0.15) is 16.2 Å². The lowest BCUT2D eigenvalue weighted by molar-refractivity contribution is -0.385. The van der Waals surface area contributed by atoms with Crippen molar-refractivity contribution < 1.29 is 22.9 Å². The van der Waals surface area contributed by atoms with E-state index in [1.807, 2.05) is 0 Å². The number of non-ortho nitro benzene ring substituents is 1. The molecule has 0 aliphatic rings. The number of nitrogens with zero attached hydrogens (tertiary/aromatic N) is 3. The molecular formula is C12H7Br2F3N4O3. The highest BCUT2D eigenvalue weighted by Gasteiger charge is 2.35. The van der Waals surface area contributed by atoms with Gasteiger partial charge in [0, 0.05) is 34.2 Å². The van der Waals surface area contributed by atoms with Crippen molar-refractivity contribution in [2.45, 2.75) is 6.18 Å². The third-order valence-electron chi connectivity index (χ3n) is 2.88. The van der Waals surface area contributed by atoms with Crippen molar-refractivity contribution >= 4 is 49.1 Å². The van der Waals surface area contributed by atoms with Crippen LogP contribution in [0.4, 0.5) is 24.5 Å². The van der Waals surface area contributed by atoms with Gasteiger partial charge in [0.1, 0.15) is 5.69 Å². The van der Waals surface area contributed by atoms with Crippen LogP contribution in [0.25, 0.3) is 0 Å². The summed E-state index contributed by atoms with van der Waals surface area (Å²) in [5, 5.41) is 16.4. The number of aryl methyl sites for hydroxylation is 1. The summed E-state index contributed by atoms with van der Waals surface area (Å²) in [5.74, 6) is -0.851. The highest BCUT2D eigenvalue weighted by molar-refractivity contribution is 9.11. The number of nitro benzene ring substituents is 1. The van der Waals surface area contributed by atoms with Crippen LogP contribution in [-0.4, -0.2) is 20.6 Å².